The van der Waals surface area contributed by atoms with Gasteiger partial charge in [-0.2, -0.15) is 0 Å². The SMILES string of the molecule is C=C(C)[C+]1CC=C(CC)CC1. The zero-order chi connectivity index (χ0) is 8.27. The first kappa shape index (κ1) is 8.45. The predicted octanol–water partition coefficient (Wildman–Crippen LogP) is 3.66. The maximum Gasteiger partial charge on any atom is 0.0993 e. The lowest BCUT2D eigenvalue weighted by atomic mass is 9.85. The van der Waals surface area contributed by atoms with E-state index >= 15 is 0 Å². The van der Waals surface area contributed by atoms with Crippen LogP contribution in [0.25, 0.3) is 0 Å². The van der Waals surface area contributed by atoms with E-state index in [4.69, 9.17) is 0 Å². The number of hydrogen-bond donors (Lipinski definition) is 0. The van der Waals surface area contributed by atoms with Gasteiger partial charge in [0.15, 0.2) is 0 Å². The minimum Gasteiger partial charge on any atom is -0.0702 e. The van der Waals surface area contributed by atoms with E-state index in [9.17, 15) is 0 Å². The van der Waals surface area contributed by atoms with E-state index in [-0.39, 0.29) is 0 Å². The van der Waals surface area contributed by atoms with E-state index in [1.807, 2.05) is 0 Å². The molecule has 0 nitrogen and oxygen atoms in total. The van der Waals surface area contributed by atoms with Gasteiger partial charge in [0, 0.05) is 13.0 Å². The first-order chi connectivity index (χ1) is 5.24. The van der Waals surface area contributed by atoms with Crippen molar-refractivity contribution in [3.8, 4) is 0 Å². The molecule has 0 unspecified atom stereocenters. The van der Waals surface area contributed by atoms with Gasteiger partial charge >= 0.3 is 0 Å². The summed E-state index contributed by atoms with van der Waals surface area (Å²) < 4.78 is 0. The minimum absolute atomic E-state index is 1.15. The van der Waals surface area contributed by atoms with Gasteiger partial charge in [-0.05, 0) is 19.8 Å². The topological polar surface area (TPSA) is 0 Å². The molecule has 0 bridgehead atoms. The minimum atomic E-state index is 1.15. The zero-order valence-corrected chi connectivity index (χ0v) is 7.61. The average molecular weight is 149 g/mol. The second kappa shape index (κ2) is 3.66. The Morgan fingerprint density at radius 2 is 2.45 bits per heavy atom. The van der Waals surface area contributed by atoms with Crippen LogP contribution in [-0.4, -0.2) is 0 Å². The molecule has 0 aromatic carbocycles. The second-order valence-corrected chi connectivity index (χ2v) is 3.30. The van der Waals surface area contributed by atoms with E-state index in [1.165, 1.54) is 24.8 Å². The zero-order valence-electron chi connectivity index (χ0n) is 7.61. The Hall–Kier alpha value is -0.650. The summed E-state index contributed by atoms with van der Waals surface area (Å²) in [6.45, 7) is 8.31. The second-order valence-electron chi connectivity index (χ2n) is 3.30. The molecule has 60 valence electrons. The van der Waals surface area contributed by atoms with Crippen LogP contribution in [0.3, 0.4) is 0 Å². The number of rotatable bonds is 2. The lowest BCUT2D eigenvalue weighted by Crippen LogP contribution is -2.03. The smallest absolute Gasteiger partial charge is 0.0702 e. The highest BCUT2D eigenvalue weighted by atomic mass is 14.2. The van der Waals surface area contributed by atoms with Gasteiger partial charge in [0.05, 0.1) is 17.9 Å². The molecule has 0 heterocycles. The normalized spacial score (nSPS) is 18.0. The number of allylic oxidation sites excluding steroid dienone is 3. The lowest BCUT2D eigenvalue weighted by Gasteiger charge is -2.14. The van der Waals surface area contributed by atoms with Crippen LogP contribution < -0.4 is 0 Å². The molecule has 0 saturated heterocycles. The van der Waals surface area contributed by atoms with Crippen molar-refractivity contribution in [1.82, 2.24) is 0 Å². The van der Waals surface area contributed by atoms with Gasteiger partial charge in [-0.25, -0.2) is 0 Å². The molecular weight excluding hydrogens is 132 g/mol. The fourth-order valence-corrected chi connectivity index (χ4v) is 1.49. The van der Waals surface area contributed by atoms with Crippen molar-refractivity contribution in [2.75, 3.05) is 0 Å². The quantitative estimate of drug-likeness (QED) is 0.415. The van der Waals surface area contributed by atoms with Crippen LogP contribution in [-0.2, 0) is 0 Å². The van der Waals surface area contributed by atoms with Crippen molar-refractivity contribution >= 4 is 0 Å². The fourth-order valence-electron chi connectivity index (χ4n) is 1.49. The molecule has 1 rings (SSSR count). The third kappa shape index (κ3) is 2.14. The summed E-state index contributed by atoms with van der Waals surface area (Å²) in [6.07, 6.45) is 7.25. The molecule has 0 N–H and O–H groups in total. The van der Waals surface area contributed by atoms with Crippen LogP contribution in [0.2, 0.25) is 0 Å². The molecule has 1 aliphatic rings. The summed E-state index contributed by atoms with van der Waals surface area (Å²) in [4.78, 5) is 0. The fraction of sp³-hybridized carbons (Fsp3) is 0.545. The van der Waals surface area contributed by atoms with Crippen molar-refractivity contribution in [1.29, 1.82) is 0 Å². The van der Waals surface area contributed by atoms with E-state index in [0.717, 1.165) is 6.42 Å². The molecule has 1 aliphatic carbocycles. The van der Waals surface area contributed by atoms with E-state index in [1.54, 1.807) is 11.5 Å². The van der Waals surface area contributed by atoms with Crippen molar-refractivity contribution in [2.24, 2.45) is 0 Å². The summed E-state index contributed by atoms with van der Waals surface area (Å²) in [7, 11) is 0. The van der Waals surface area contributed by atoms with Crippen LogP contribution in [0.15, 0.2) is 23.8 Å². The van der Waals surface area contributed by atoms with Gasteiger partial charge in [0.2, 0.25) is 0 Å². The highest BCUT2D eigenvalue weighted by molar-refractivity contribution is 5.26. The van der Waals surface area contributed by atoms with Crippen molar-refractivity contribution in [3.63, 3.8) is 0 Å². The van der Waals surface area contributed by atoms with Crippen LogP contribution in [0.5, 0.6) is 0 Å². The molecule has 0 spiro atoms. The Balaban J connectivity index is 2.47. The Kier molecular flexibility index (Phi) is 2.81. The largest absolute Gasteiger partial charge is 0.0993 e. The first-order valence-corrected chi connectivity index (χ1v) is 4.42. The van der Waals surface area contributed by atoms with Gasteiger partial charge in [0.1, 0.15) is 0 Å². The third-order valence-corrected chi connectivity index (χ3v) is 2.44. The first-order valence-electron chi connectivity index (χ1n) is 4.42. The highest BCUT2D eigenvalue weighted by Gasteiger charge is 2.20. The predicted molar refractivity (Wildman–Crippen MR) is 50.3 cm³/mol. The van der Waals surface area contributed by atoms with Gasteiger partial charge in [-0.1, -0.05) is 18.6 Å². The summed E-state index contributed by atoms with van der Waals surface area (Å²) in [5.74, 6) is 1.54. The monoisotopic (exact) mass is 149 g/mol. The summed E-state index contributed by atoms with van der Waals surface area (Å²) in [5.41, 5.74) is 2.89. The standard InChI is InChI=1S/C11H17/c1-4-10-5-7-11(8-6-10)9(2)3/h5H,2,4,6-8H2,1,3H3/q+1. The molecule has 0 aromatic heterocycles. The third-order valence-electron chi connectivity index (χ3n) is 2.44. The van der Waals surface area contributed by atoms with Crippen molar-refractivity contribution < 1.29 is 0 Å². The highest BCUT2D eigenvalue weighted by Crippen LogP contribution is 2.30. The lowest BCUT2D eigenvalue weighted by molar-refractivity contribution is 0.736. The molecule has 0 fully saturated rings. The van der Waals surface area contributed by atoms with Gasteiger partial charge in [-0.15, -0.1) is 0 Å². The van der Waals surface area contributed by atoms with Crippen molar-refractivity contribution in [3.05, 3.63) is 29.7 Å². The Morgan fingerprint density at radius 3 is 2.82 bits per heavy atom. The summed E-state index contributed by atoms with van der Waals surface area (Å²) >= 11 is 0. The van der Waals surface area contributed by atoms with Crippen LogP contribution in [0.4, 0.5) is 0 Å². The van der Waals surface area contributed by atoms with Gasteiger partial charge in [-0.3, -0.25) is 0 Å². The van der Waals surface area contributed by atoms with E-state index in [2.05, 4.69) is 26.5 Å². The van der Waals surface area contributed by atoms with Crippen molar-refractivity contribution in [2.45, 2.75) is 39.5 Å². The van der Waals surface area contributed by atoms with E-state index in [0.29, 0.717) is 0 Å². The van der Waals surface area contributed by atoms with E-state index < -0.39 is 0 Å². The van der Waals surface area contributed by atoms with Crippen LogP contribution in [0, 0.1) is 5.92 Å². The molecule has 0 aliphatic heterocycles. The Labute approximate surface area is 70.0 Å². The molecule has 0 aromatic rings. The molecule has 0 saturated carbocycles. The molecule has 11 heavy (non-hydrogen) atoms. The average Bonchev–Trinajstić information content (AvgIpc) is 2.05. The summed E-state index contributed by atoms with van der Waals surface area (Å²) in [5, 5.41) is 0. The molecule has 0 amide bonds. The summed E-state index contributed by atoms with van der Waals surface area (Å²) in [6, 6.07) is 0. The molecule has 0 radical (unpaired) electrons. The molecular formula is C11H17+. The maximum absolute atomic E-state index is 3.96. The van der Waals surface area contributed by atoms with Crippen LogP contribution in [0.1, 0.15) is 39.5 Å². The number of hydrogen-bond acceptors (Lipinski definition) is 0. The maximum atomic E-state index is 3.96. The van der Waals surface area contributed by atoms with Gasteiger partial charge < -0.3 is 0 Å². The Bertz CT molecular complexity index is 174. The molecule has 0 atom stereocenters. The Morgan fingerprint density at radius 1 is 1.73 bits per heavy atom. The molecule has 0 heteroatoms. The van der Waals surface area contributed by atoms with Gasteiger partial charge in [0.25, 0.3) is 0 Å². The van der Waals surface area contributed by atoms with Crippen LogP contribution >= 0.6 is 0 Å².